The molecular weight excluding hydrogens is 569 g/mol. The van der Waals surface area contributed by atoms with E-state index in [0.717, 1.165) is 18.2 Å². The number of carbonyl (C=O) groups is 1. The van der Waals surface area contributed by atoms with Gasteiger partial charge in [0.2, 0.25) is 0 Å². The number of rotatable bonds is 5. The molecule has 2 unspecified atom stereocenters. The topological polar surface area (TPSA) is 70.0 Å². The van der Waals surface area contributed by atoms with Gasteiger partial charge in [-0.05, 0) is 73.1 Å². The van der Waals surface area contributed by atoms with E-state index in [1.54, 1.807) is 12.1 Å². The quantitative estimate of drug-likeness (QED) is 0.276. The number of aliphatic hydroxyl groups is 1. The largest absolute Gasteiger partial charge is 0.416 e. The van der Waals surface area contributed by atoms with Crippen LogP contribution in [0.3, 0.4) is 0 Å². The SMILES string of the molecule is CC1CCC[C@@H](c2ccc(F)cc2)C1.CCN(C)C1=CC(=O)CC1O.O=NCc1cc(C(F)(F)F)cc(C(F)(F)F)c1. The fraction of sp³-hybridized carbons (Fsp3) is 0.500. The van der Waals surface area contributed by atoms with E-state index in [-0.39, 0.29) is 24.1 Å². The molecule has 12 heteroatoms. The Morgan fingerprint density at radius 1 is 0.976 bits per heavy atom. The summed E-state index contributed by atoms with van der Waals surface area (Å²) >= 11 is 0. The van der Waals surface area contributed by atoms with Crippen molar-refractivity contribution in [1.82, 2.24) is 4.90 Å². The highest BCUT2D eigenvalue weighted by molar-refractivity contribution is 5.93. The van der Waals surface area contributed by atoms with Crippen LogP contribution in [0.15, 0.2) is 59.4 Å². The van der Waals surface area contributed by atoms with Crippen molar-refractivity contribution in [2.24, 2.45) is 11.1 Å². The van der Waals surface area contributed by atoms with Crippen LogP contribution in [0.5, 0.6) is 0 Å². The Kier molecular flexibility index (Phi) is 12.7. The van der Waals surface area contributed by atoms with Crippen LogP contribution in [-0.4, -0.2) is 35.5 Å². The monoisotopic (exact) mass is 604 g/mol. The van der Waals surface area contributed by atoms with E-state index in [9.17, 15) is 45.5 Å². The molecular formula is C30H35F7N2O3. The van der Waals surface area contributed by atoms with Gasteiger partial charge in [-0.25, -0.2) is 4.39 Å². The highest BCUT2D eigenvalue weighted by Crippen LogP contribution is 2.37. The number of hydrogen-bond acceptors (Lipinski definition) is 5. The molecule has 1 fully saturated rings. The van der Waals surface area contributed by atoms with E-state index < -0.39 is 41.7 Å². The molecule has 2 aliphatic rings. The number of nitrogens with zero attached hydrogens (tertiary/aromatic N) is 2. The van der Waals surface area contributed by atoms with Gasteiger partial charge < -0.3 is 10.0 Å². The lowest BCUT2D eigenvalue weighted by Crippen LogP contribution is -2.23. The Balaban J connectivity index is 0.000000225. The minimum absolute atomic E-state index is 0.00565. The molecule has 0 radical (unpaired) electrons. The van der Waals surface area contributed by atoms with Crippen LogP contribution in [0.1, 0.15) is 74.1 Å². The second kappa shape index (κ2) is 15.3. The van der Waals surface area contributed by atoms with E-state index in [1.807, 2.05) is 31.0 Å². The van der Waals surface area contributed by atoms with Crippen LogP contribution in [0.4, 0.5) is 30.7 Å². The number of likely N-dealkylation sites (N-methyl/N-ethyl adjacent to an activating group) is 1. The fourth-order valence-corrected chi connectivity index (χ4v) is 4.82. The lowest BCUT2D eigenvalue weighted by Gasteiger charge is -2.26. The minimum Gasteiger partial charge on any atom is -0.386 e. The maximum Gasteiger partial charge on any atom is 0.416 e. The maximum atomic E-state index is 12.7. The third-order valence-electron chi connectivity index (χ3n) is 7.13. The number of benzene rings is 2. The summed E-state index contributed by atoms with van der Waals surface area (Å²) in [7, 11) is 1.87. The minimum atomic E-state index is -4.90. The number of carbonyl (C=O) groups excluding carboxylic acids is 1. The number of hydrogen-bond donors (Lipinski definition) is 1. The molecule has 3 atom stereocenters. The number of halogens is 7. The van der Waals surface area contributed by atoms with Crippen molar-refractivity contribution in [2.75, 3.05) is 13.6 Å². The van der Waals surface area contributed by atoms with Crippen molar-refractivity contribution in [3.8, 4) is 0 Å². The van der Waals surface area contributed by atoms with Crippen LogP contribution in [0, 0.1) is 16.6 Å². The Morgan fingerprint density at radius 2 is 1.55 bits per heavy atom. The lowest BCUT2D eigenvalue weighted by atomic mass is 9.79. The molecule has 4 rings (SSSR count). The lowest BCUT2D eigenvalue weighted by molar-refractivity contribution is -0.143. The van der Waals surface area contributed by atoms with Gasteiger partial charge in [-0.1, -0.05) is 37.1 Å². The first-order chi connectivity index (χ1) is 19.5. The number of alkyl halides is 6. The van der Waals surface area contributed by atoms with Gasteiger partial charge in [-0.2, -0.15) is 31.2 Å². The summed E-state index contributed by atoms with van der Waals surface area (Å²) in [6, 6.07) is 7.97. The molecule has 2 aromatic carbocycles. The van der Waals surface area contributed by atoms with Crippen molar-refractivity contribution in [2.45, 2.75) is 76.9 Å². The van der Waals surface area contributed by atoms with E-state index in [1.165, 1.54) is 37.3 Å². The number of aliphatic hydroxyl groups excluding tert-OH is 1. The smallest absolute Gasteiger partial charge is 0.386 e. The van der Waals surface area contributed by atoms with Crippen LogP contribution >= 0.6 is 0 Å². The van der Waals surface area contributed by atoms with E-state index in [0.29, 0.717) is 18.1 Å². The van der Waals surface area contributed by atoms with E-state index >= 15 is 0 Å². The highest BCUT2D eigenvalue weighted by atomic mass is 19.4. The van der Waals surface area contributed by atoms with Crippen LogP contribution < -0.4 is 0 Å². The third-order valence-corrected chi connectivity index (χ3v) is 7.13. The molecule has 0 bridgehead atoms. The molecule has 1 N–H and O–H groups in total. The Labute approximate surface area is 240 Å². The molecule has 0 spiro atoms. The zero-order valence-corrected chi connectivity index (χ0v) is 23.6. The summed E-state index contributed by atoms with van der Waals surface area (Å²) in [6.07, 6.45) is -3.39. The van der Waals surface area contributed by atoms with Crippen molar-refractivity contribution < 1.29 is 40.6 Å². The summed E-state index contributed by atoms with van der Waals surface area (Å²) < 4.78 is 86.5. The molecule has 232 valence electrons. The third kappa shape index (κ3) is 10.8. The number of allylic oxidation sites excluding steroid dienone is 1. The predicted molar refractivity (Wildman–Crippen MR) is 145 cm³/mol. The van der Waals surface area contributed by atoms with Gasteiger partial charge in [-0.3, -0.25) is 4.79 Å². The molecule has 5 nitrogen and oxygen atoms in total. The summed E-state index contributed by atoms with van der Waals surface area (Å²) in [4.78, 5) is 22.6. The molecule has 0 heterocycles. The van der Waals surface area contributed by atoms with E-state index in [2.05, 4.69) is 12.1 Å². The molecule has 0 saturated heterocycles. The maximum absolute atomic E-state index is 12.7. The Morgan fingerprint density at radius 3 is 1.98 bits per heavy atom. The molecule has 0 aliphatic heterocycles. The predicted octanol–water partition coefficient (Wildman–Crippen LogP) is 8.27. The standard InChI is InChI=1S/C13H17F.C9H5F6NO.C8H13NO2/c1-10-3-2-4-12(9-10)11-5-7-13(14)8-6-11;10-8(11,12)6-1-5(4-16-17)2-7(3-6)9(13,14)15;1-3-9(2)7-4-6(10)5-8(7)11/h5-8,10,12H,2-4,9H2,1H3;1-3H,4H2;4,8,11H,3,5H2,1-2H3/t10?,12-;;/m1../s1. The number of ketones is 1. The van der Waals surface area contributed by atoms with Crippen LogP contribution in [0.25, 0.3) is 0 Å². The first-order valence-corrected chi connectivity index (χ1v) is 13.5. The van der Waals surface area contributed by atoms with Gasteiger partial charge in [0.15, 0.2) is 5.78 Å². The second-order valence-electron chi connectivity index (χ2n) is 10.5. The van der Waals surface area contributed by atoms with Gasteiger partial charge in [0, 0.05) is 31.8 Å². The average molecular weight is 605 g/mol. The Bertz CT molecular complexity index is 1180. The number of nitroso groups, excluding NO2 is 1. The van der Waals surface area contributed by atoms with Gasteiger partial charge in [-0.15, -0.1) is 0 Å². The molecule has 42 heavy (non-hydrogen) atoms. The summed E-state index contributed by atoms with van der Waals surface area (Å²) in [5.41, 5.74) is -1.27. The van der Waals surface area contributed by atoms with Crippen molar-refractivity contribution >= 4 is 5.78 Å². The van der Waals surface area contributed by atoms with Crippen molar-refractivity contribution in [3.05, 3.63) is 87.2 Å². The second-order valence-corrected chi connectivity index (χ2v) is 10.5. The molecule has 0 amide bonds. The average Bonchev–Trinajstić information content (AvgIpc) is 3.26. The van der Waals surface area contributed by atoms with Crippen LogP contribution in [0.2, 0.25) is 0 Å². The molecule has 0 aromatic heterocycles. The van der Waals surface area contributed by atoms with Crippen LogP contribution in [-0.2, 0) is 23.7 Å². The summed E-state index contributed by atoms with van der Waals surface area (Å²) in [5, 5.41) is 11.6. The van der Waals surface area contributed by atoms with E-state index in [4.69, 9.17) is 0 Å². The van der Waals surface area contributed by atoms with Crippen molar-refractivity contribution in [1.29, 1.82) is 0 Å². The summed E-state index contributed by atoms with van der Waals surface area (Å²) in [6.45, 7) is 4.37. The normalized spacial score (nSPS) is 20.5. The zero-order chi connectivity index (χ0) is 31.7. The highest BCUT2D eigenvalue weighted by Gasteiger charge is 2.36. The van der Waals surface area contributed by atoms with Gasteiger partial charge in [0.1, 0.15) is 18.5 Å². The fourth-order valence-electron chi connectivity index (χ4n) is 4.82. The molecule has 2 aliphatic carbocycles. The Hall–Kier alpha value is -3.28. The first kappa shape index (κ1) is 34.9. The zero-order valence-electron chi connectivity index (χ0n) is 23.6. The molecule has 1 saturated carbocycles. The van der Waals surface area contributed by atoms with Crippen molar-refractivity contribution in [3.63, 3.8) is 0 Å². The summed E-state index contributed by atoms with van der Waals surface area (Å²) in [5.74, 6) is 1.39. The van der Waals surface area contributed by atoms with Gasteiger partial charge in [0.05, 0.1) is 11.1 Å². The van der Waals surface area contributed by atoms with Gasteiger partial charge in [0.25, 0.3) is 0 Å². The first-order valence-electron chi connectivity index (χ1n) is 13.5. The van der Waals surface area contributed by atoms with Gasteiger partial charge >= 0.3 is 12.4 Å². The molecule has 2 aromatic rings.